The highest BCUT2D eigenvalue weighted by atomic mass is 16.5. The molecular weight excluding hydrogens is 142 g/mol. The first-order valence-electron chi connectivity index (χ1n) is 3.63. The minimum atomic E-state index is -0.299. The van der Waals surface area contributed by atoms with Crippen molar-refractivity contribution < 1.29 is 9.53 Å². The van der Waals surface area contributed by atoms with E-state index in [-0.39, 0.29) is 11.5 Å². The third kappa shape index (κ3) is 1.80. The van der Waals surface area contributed by atoms with Crippen LogP contribution in [0.5, 0.6) is 0 Å². The zero-order valence-electron chi connectivity index (χ0n) is 7.05. The Bertz CT molecular complexity index is 200. The summed E-state index contributed by atoms with van der Waals surface area (Å²) in [6.45, 7) is 4.11. The molecule has 0 amide bonds. The number of rotatable bonds is 2. The molecule has 0 unspecified atom stereocenters. The van der Waals surface area contributed by atoms with Crippen molar-refractivity contribution >= 4 is 5.97 Å². The quantitative estimate of drug-likeness (QED) is 0.358. The highest BCUT2D eigenvalue weighted by Gasteiger charge is 2.43. The molecule has 1 rings (SSSR count). The minimum absolute atomic E-state index is 0.00813. The number of nitrogens with one attached hydrogen (secondary N) is 1. The van der Waals surface area contributed by atoms with Crippen LogP contribution in [-0.4, -0.2) is 24.7 Å². The van der Waals surface area contributed by atoms with Crippen molar-refractivity contribution in [3.63, 3.8) is 0 Å². The van der Waals surface area contributed by atoms with Gasteiger partial charge in [-0.1, -0.05) is 6.08 Å². The monoisotopic (exact) mass is 155 g/mol. The molecular formula is C8H13NO2. The lowest BCUT2D eigenvalue weighted by atomic mass is 10.1. The highest BCUT2D eigenvalue weighted by Crippen LogP contribution is 2.26. The van der Waals surface area contributed by atoms with Crippen LogP contribution in [0.1, 0.15) is 13.8 Å². The molecule has 0 radical (unpaired) electrons. The molecule has 0 aromatic heterocycles. The fraction of sp³-hybridized carbons (Fsp3) is 0.625. The molecule has 0 bridgehead atoms. The molecule has 1 saturated heterocycles. The van der Waals surface area contributed by atoms with E-state index >= 15 is 0 Å². The van der Waals surface area contributed by atoms with E-state index in [0.29, 0.717) is 6.04 Å². The van der Waals surface area contributed by atoms with Gasteiger partial charge < -0.3 is 10.1 Å². The number of carbonyl (C=O) groups is 1. The normalized spacial score (nSPS) is 35.7. The van der Waals surface area contributed by atoms with Gasteiger partial charge in [-0.2, -0.15) is 0 Å². The number of hydrogen-bond donors (Lipinski definition) is 1. The average molecular weight is 155 g/mol. The first-order valence-corrected chi connectivity index (χ1v) is 3.63. The molecule has 3 heteroatoms. The van der Waals surface area contributed by atoms with Crippen LogP contribution in [0.3, 0.4) is 0 Å². The van der Waals surface area contributed by atoms with Crippen molar-refractivity contribution in [2.75, 3.05) is 7.11 Å². The van der Waals surface area contributed by atoms with Gasteiger partial charge >= 0.3 is 5.97 Å². The molecule has 1 aliphatic rings. The van der Waals surface area contributed by atoms with E-state index in [1.165, 1.54) is 13.2 Å². The van der Waals surface area contributed by atoms with E-state index in [2.05, 4.69) is 17.0 Å². The number of hydrogen-bond acceptors (Lipinski definition) is 3. The number of carbonyl (C=O) groups excluding carboxylic acids is 1. The summed E-state index contributed by atoms with van der Waals surface area (Å²) < 4.78 is 4.46. The molecule has 0 saturated carbocycles. The van der Waals surface area contributed by atoms with Crippen LogP contribution in [0.15, 0.2) is 12.2 Å². The van der Waals surface area contributed by atoms with Crippen LogP contribution >= 0.6 is 0 Å². The van der Waals surface area contributed by atoms with Gasteiger partial charge in [-0.05, 0) is 13.8 Å². The zero-order chi connectivity index (χ0) is 8.48. The molecule has 1 fully saturated rings. The van der Waals surface area contributed by atoms with Gasteiger partial charge in [-0.3, -0.25) is 0 Å². The second-order valence-electron chi connectivity index (χ2n) is 3.01. The molecule has 0 aromatic rings. The van der Waals surface area contributed by atoms with Gasteiger partial charge in [0.25, 0.3) is 0 Å². The Morgan fingerprint density at radius 2 is 2.27 bits per heavy atom. The third-order valence-corrected chi connectivity index (χ3v) is 2.11. The minimum Gasteiger partial charge on any atom is -0.466 e. The van der Waals surface area contributed by atoms with Crippen molar-refractivity contribution in [2.24, 2.45) is 0 Å². The zero-order valence-corrected chi connectivity index (χ0v) is 7.05. The second kappa shape index (κ2) is 2.66. The summed E-state index contributed by atoms with van der Waals surface area (Å²) in [6.07, 6.45) is 3.29. The van der Waals surface area contributed by atoms with Crippen LogP contribution in [0.4, 0.5) is 0 Å². The van der Waals surface area contributed by atoms with Crippen molar-refractivity contribution in [2.45, 2.75) is 25.4 Å². The van der Waals surface area contributed by atoms with E-state index in [4.69, 9.17) is 0 Å². The van der Waals surface area contributed by atoms with E-state index in [0.717, 1.165) is 0 Å². The van der Waals surface area contributed by atoms with Gasteiger partial charge in [0.1, 0.15) is 0 Å². The maximum absolute atomic E-state index is 10.7. The Hall–Kier alpha value is -0.830. The summed E-state index contributed by atoms with van der Waals surface area (Å²) in [5, 5.41) is 3.19. The van der Waals surface area contributed by atoms with E-state index in [9.17, 15) is 4.79 Å². The maximum atomic E-state index is 10.7. The van der Waals surface area contributed by atoms with Crippen molar-refractivity contribution in [1.82, 2.24) is 5.32 Å². The highest BCUT2D eigenvalue weighted by molar-refractivity contribution is 5.82. The molecule has 0 aliphatic carbocycles. The van der Waals surface area contributed by atoms with Crippen LogP contribution < -0.4 is 5.32 Å². The molecule has 0 spiro atoms. The molecule has 0 aromatic carbocycles. The standard InChI is InChI=1S/C8H13NO2/c1-6-8(2,9-6)5-4-7(10)11-3/h4-6,9H,1-3H3/b5-4+/t6-,8+/m0/s1. The Labute approximate surface area is 66.4 Å². The summed E-state index contributed by atoms with van der Waals surface area (Å²) in [6, 6.07) is 0.461. The van der Waals surface area contributed by atoms with Gasteiger partial charge in [0.05, 0.1) is 7.11 Å². The second-order valence-corrected chi connectivity index (χ2v) is 3.01. The molecule has 2 atom stereocenters. The van der Waals surface area contributed by atoms with Crippen molar-refractivity contribution in [3.8, 4) is 0 Å². The van der Waals surface area contributed by atoms with Gasteiger partial charge in [0.15, 0.2) is 0 Å². The van der Waals surface area contributed by atoms with Crippen LogP contribution in [0, 0.1) is 0 Å². The van der Waals surface area contributed by atoms with E-state index in [1.54, 1.807) is 0 Å². The first-order chi connectivity index (χ1) is 5.08. The summed E-state index contributed by atoms with van der Waals surface area (Å²) in [5.74, 6) is -0.299. The summed E-state index contributed by atoms with van der Waals surface area (Å²) >= 11 is 0. The fourth-order valence-corrected chi connectivity index (χ4v) is 0.926. The lowest BCUT2D eigenvalue weighted by Gasteiger charge is -1.96. The van der Waals surface area contributed by atoms with Crippen molar-refractivity contribution in [1.29, 1.82) is 0 Å². The molecule has 11 heavy (non-hydrogen) atoms. The Morgan fingerprint density at radius 1 is 1.73 bits per heavy atom. The lowest BCUT2D eigenvalue weighted by molar-refractivity contribution is -0.134. The smallest absolute Gasteiger partial charge is 0.330 e. The SMILES string of the molecule is COC(=O)/C=C/[C@@]1(C)N[C@H]1C. The topological polar surface area (TPSA) is 48.2 Å². The Kier molecular flexibility index (Phi) is 2.00. The number of methoxy groups -OCH3 is 1. The predicted octanol–water partition coefficient (Wildman–Crippen LogP) is 0.466. The maximum Gasteiger partial charge on any atom is 0.330 e. The molecule has 1 N–H and O–H groups in total. The summed E-state index contributed by atoms with van der Waals surface area (Å²) in [7, 11) is 1.37. The predicted molar refractivity (Wildman–Crippen MR) is 42.2 cm³/mol. The molecule has 3 nitrogen and oxygen atoms in total. The number of ether oxygens (including phenoxy) is 1. The van der Waals surface area contributed by atoms with Crippen LogP contribution in [-0.2, 0) is 9.53 Å². The van der Waals surface area contributed by atoms with Crippen LogP contribution in [0.25, 0.3) is 0 Å². The molecule has 1 heterocycles. The van der Waals surface area contributed by atoms with Crippen LogP contribution in [0.2, 0.25) is 0 Å². The Balaban J connectivity index is 2.42. The lowest BCUT2D eigenvalue weighted by Crippen LogP contribution is -2.07. The van der Waals surface area contributed by atoms with E-state index < -0.39 is 0 Å². The number of esters is 1. The fourth-order valence-electron chi connectivity index (χ4n) is 0.926. The summed E-state index contributed by atoms with van der Waals surface area (Å²) in [5.41, 5.74) is 0.00813. The Morgan fingerprint density at radius 3 is 2.64 bits per heavy atom. The summed E-state index contributed by atoms with van der Waals surface area (Å²) in [4.78, 5) is 10.7. The average Bonchev–Trinajstić information content (AvgIpc) is 2.56. The van der Waals surface area contributed by atoms with Gasteiger partial charge in [-0.15, -0.1) is 0 Å². The van der Waals surface area contributed by atoms with Gasteiger partial charge in [0.2, 0.25) is 0 Å². The van der Waals surface area contributed by atoms with Gasteiger partial charge in [-0.25, -0.2) is 4.79 Å². The molecule has 1 aliphatic heterocycles. The third-order valence-electron chi connectivity index (χ3n) is 2.11. The van der Waals surface area contributed by atoms with Crippen molar-refractivity contribution in [3.05, 3.63) is 12.2 Å². The van der Waals surface area contributed by atoms with Gasteiger partial charge in [0, 0.05) is 17.7 Å². The molecule has 62 valence electrons. The first kappa shape index (κ1) is 8.27. The largest absolute Gasteiger partial charge is 0.466 e. The van der Waals surface area contributed by atoms with E-state index in [1.807, 2.05) is 13.0 Å².